The summed E-state index contributed by atoms with van der Waals surface area (Å²) in [5.74, 6) is 0.542. The molecule has 0 saturated heterocycles. The van der Waals surface area contributed by atoms with Gasteiger partial charge in [-0.2, -0.15) is 0 Å². The van der Waals surface area contributed by atoms with Gasteiger partial charge in [0.15, 0.2) is 0 Å². The first-order chi connectivity index (χ1) is 10.2. The van der Waals surface area contributed by atoms with Crippen LogP contribution in [0.2, 0.25) is 5.02 Å². The highest BCUT2D eigenvalue weighted by molar-refractivity contribution is 6.30. The van der Waals surface area contributed by atoms with E-state index < -0.39 is 0 Å². The van der Waals surface area contributed by atoms with E-state index in [1.807, 2.05) is 18.2 Å². The predicted octanol–water partition coefficient (Wildman–Crippen LogP) is 4.65. The van der Waals surface area contributed by atoms with Crippen LogP contribution in [-0.4, -0.2) is 6.54 Å². The van der Waals surface area contributed by atoms with Crippen LogP contribution < -0.4 is 10.1 Å². The number of ether oxygens (including phenoxy) is 1. The fourth-order valence-corrected chi connectivity index (χ4v) is 2.99. The lowest BCUT2D eigenvalue weighted by Gasteiger charge is -2.33. The van der Waals surface area contributed by atoms with Crippen molar-refractivity contribution in [1.29, 1.82) is 0 Å². The lowest BCUT2D eigenvalue weighted by molar-refractivity contribution is 0.148. The van der Waals surface area contributed by atoms with Crippen molar-refractivity contribution in [2.24, 2.45) is 0 Å². The topological polar surface area (TPSA) is 21.3 Å². The van der Waals surface area contributed by atoms with Crippen molar-refractivity contribution in [3.8, 4) is 5.75 Å². The number of benzene rings is 2. The number of nitrogens with one attached hydrogen (secondary N) is 1. The molecule has 2 nitrogen and oxygen atoms in total. The molecule has 0 aliphatic carbocycles. The van der Waals surface area contributed by atoms with E-state index in [0.717, 1.165) is 17.9 Å². The standard InChI is InChI=1S/C17H17ClFNO/c1-2-20-15-10-17(12-5-3-4-6-14(12)19)21-16-8-7-11(18)9-13(15)16/h3-9,15,17,20H,2,10H2,1H3. The van der Waals surface area contributed by atoms with Crippen LogP contribution in [0.25, 0.3) is 0 Å². The first-order valence-corrected chi connectivity index (χ1v) is 7.50. The third-order valence-electron chi connectivity index (χ3n) is 3.77. The number of halogens is 2. The Bertz CT molecular complexity index is 646. The summed E-state index contributed by atoms with van der Waals surface area (Å²) in [6.45, 7) is 2.89. The minimum Gasteiger partial charge on any atom is -0.485 e. The molecule has 2 unspecified atom stereocenters. The van der Waals surface area contributed by atoms with Crippen LogP contribution >= 0.6 is 11.6 Å². The van der Waals surface area contributed by atoms with Gasteiger partial charge in [-0.3, -0.25) is 0 Å². The Kier molecular flexibility index (Phi) is 4.13. The van der Waals surface area contributed by atoms with Gasteiger partial charge in [-0.15, -0.1) is 0 Å². The zero-order chi connectivity index (χ0) is 14.8. The van der Waals surface area contributed by atoms with Crippen molar-refractivity contribution in [1.82, 2.24) is 5.32 Å². The largest absolute Gasteiger partial charge is 0.485 e. The summed E-state index contributed by atoms with van der Waals surface area (Å²) in [5, 5.41) is 4.11. The van der Waals surface area contributed by atoms with Gasteiger partial charge in [0.05, 0.1) is 0 Å². The van der Waals surface area contributed by atoms with Gasteiger partial charge < -0.3 is 10.1 Å². The van der Waals surface area contributed by atoms with Crippen molar-refractivity contribution in [2.45, 2.75) is 25.5 Å². The molecule has 1 heterocycles. The third-order valence-corrected chi connectivity index (χ3v) is 4.00. The van der Waals surface area contributed by atoms with Crippen molar-refractivity contribution in [2.75, 3.05) is 6.54 Å². The van der Waals surface area contributed by atoms with Crippen LogP contribution in [0.3, 0.4) is 0 Å². The molecule has 0 spiro atoms. The maximum Gasteiger partial charge on any atom is 0.130 e. The Morgan fingerprint density at radius 3 is 2.81 bits per heavy atom. The van der Waals surface area contributed by atoms with E-state index in [9.17, 15) is 4.39 Å². The highest BCUT2D eigenvalue weighted by Crippen LogP contribution is 2.42. The molecule has 3 rings (SSSR count). The zero-order valence-corrected chi connectivity index (χ0v) is 12.5. The summed E-state index contributed by atoms with van der Waals surface area (Å²) in [6, 6.07) is 12.5. The molecule has 1 N–H and O–H groups in total. The third kappa shape index (κ3) is 2.89. The molecule has 110 valence electrons. The number of hydrogen-bond acceptors (Lipinski definition) is 2. The van der Waals surface area contributed by atoms with Gasteiger partial charge in [0, 0.05) is 28.6 Å². The lowest BCUT2D eigenvalue weighted by Crippen LogP contribution is -2.29. The summed E-state index contributed by atoms with van der Waals surface area (Å²) in [7, 11) is 0. The molecule has 0 radical (unpaired) electrons. The van der Waals surface area contributed by atoms with Gasteiger partial charge in [0.2, 0.25) is 0 Å². The van der Waals surface area contributed by atoms with Crippen molar-refractivity contribution >= 4 is 11.6 Å². The van der Waals surface area contributed by atoms with E-state index >= 15 is 0 Å². The first-order valence-electron chi connectivity index (χ1n) is 7.13. The molecule has 0 saturated carbocycles. The second kappa shape index (κ2) is 6.04. The SMILES string of the molecule is CCNC1CC(c2ccccc2F)Oc2ccc(Cl)cc21. The number of hydrogen-bond donors (Lipinski definition) is 1. The van der Waals surface area contributed by atoms with Crippen molar-refractivity contribution in [3.63, 3.8) is 0 Å². The summed E-state index contributed by atoms with van der Waals surface area (Å²) < 4.78 is 20.0. The molecule has 0 fully saturated rings. The zero-order valence-electron chi connectivity index (χ0n) is 11.8. The molecular weight excluding hydrogens is 289 g/mol. The maximum atomic E-state index is 14.0. The number of fused-ring (bicyclic) bond motifs is 1. The highest BCUT2D eigenvalue weighted by Gasteiger charge is 2.30. The summed E-state index contributed by atoms with van der Waals surface area (Å²) in [6.07, 6.45) is 0.395. The lowest BCUT2D eigenvalue weighted by atomic mass is 9.92. The minimum atomic E-state index is -0.288. The predicted molar refractivity (Wildman–Crippen MR) is 82.3 cm³/mol. The summed E-state index contributed by atoms with van der Waals surface area (Å²) in [4.78, 5) is 0. The van der Waals surface area contributed by atoms with Crippen molar-refractivity contribution < 1.29 is 9.13 Å². The van der Waals surface area contributed by atoms with E-state index in [1.165, 1.54) is 6.07 Å². The Balaban J connectivity index is 1.98. The van der Waals surface area contributed by atoms with E-state index in [4.69, 9.17) is 16.3 Å². The van der Waals surface area contributed by atoms with Crippen LogP contribution in [0.1, 0.15) is 36.6 Å². The van der Waals surface area contributed by atoms with Gasteiger partial charge in [-0.25, -0.2) is 4.39 Å². The fourth-order valence-electron chi connectivity index (χ4n) is 2.81. The van der Waals surface area contributed by atoms with E-state index in [2.05, 4.69) is 12.2 Å². The van der Waals surface area contributed by atoms with E-state index in [0.29, 0.717) is 17.0 Å². The maximum absolute atomic E-state index is 14.0. The second-order valence-corrected chi connectivity index (χ2v) is 5.59. The first kappa shape index (κ1) is 14.4. The second-order valence-electron chi connectivity index (χ2n) is 5.16. The fraction of sp³-hybridized carbons (Fsp3) is 0.294. The van der Waals surface area contributed by atoms with Gasteiger partial charge in [-0.05, 0) is 30.8 Å². The molecule has 0 amide bonds. The smallest absolute Gasteiger partial charge is 0.130 e. The molecule has 2 atom stereocenters. The van der Waals surface area contributed by atoms with E-state index in [1.54, 1.807) is 18.2 Å². The molecule has 2 aromatic carbocycles. The normalized spacial score (nSPS) is 20.7. The van der Waals surface area contributed by atoms with Gasteiger partial charge in [0.1, 0.15) is 17.7 Å². The Labute approximate surface area is 128 Å². The van der Waals surface area contributed by atoms with Gasteiger partial charge >= 0.3 is 0 Å². The number of rotatable bonds is 3. The molecule has 2 aromatic rings. The van der Waals surface area contributed by atoms with Crippen LogP contribution in [0.5, 0.6) is 5.75 Å². The van der Waals surface area contributed by atoms with Gasteiger partial charge in [0.25, 0.3) is 0 Å². The Hall–Kier alpha value is -1.58. The molecule has 4 heteroatoms. The average molecular weight is 306 g/mol. The van der Waals surface area contributed by atoms with Crippen LogP contribution in [0.4, 0.5) is 4.39 Å². The van der Waals surface area contributed by atoms with Crippen LogP contribution in [0.15, 0.2) is 42.5 Å². The Morgan fingerprint density at radius 2 is 2.05 bits per heavy atom. The van der Waals surface area contributed by atoms with Gasteiger partial charge in [-0.1, -0.05) is 36.7 Å². The molecular formula is C17H17ClFNO. The average Bonchev–Trinajstić information content (AvgIpc) is 2.48. The molecule has 0 bridgehead atoms. The summed E-state index contributed by atoms with van der Waals surface area (Å²) >= 11 is 6.08. The van der Waals surface area contributed by atoms with Crippen LogP contribution in [-0.2, 0) is 0 Å². The molecule has 1 aliphatic heterocycles. The monoisotopic (exact) mass is 305 g/mol. The Morgan fingerprint density at radius 1 is 1.24 bits per heavy atom. The molecule has 1 aliphatic rings. The summed E-state index contributed by atoms with van der Waals surface area (Å²) in [5.41, 5.74) is 1.64. The highest BCUT2D eigenvalue weighted by atomic mass is 35.5. The van der Waals surface area contributed by atoms with E-state index in [-0.39, 0.29) is 18.0 Å². The van der Waals surface area contributed by atoms with Crippen molar-refractivity contribution in [3.05, 3.63) is 64.4 Å². The quantitative estimate of drug-likeness (QED) is 0.891. The molecule has 21 heavy (non-hydrogen) atoms. The molecule has 0 aromatic heterocycles. The minimum absolute atomic E-state index is 0.113. The van der Waals surface area contributed by atoms with Crippen LogP contribution in [0, 0.1) is 5.82 Å².